The van der Waals surface area contributed by atoms with E-state index in [9.17, 15) is 9.59 Å². The van der Waals surface area contributed by atoms with Crippen LogP contribution in [0.25, 0.3) is 0 Å². The number of anilines is 1. The number of hydrogen-bond donors (Lipinski definition) is 3. The van der Waals surface area contributed by atoms with E-state index in [1.807, 2.05) is 0 Å². The van der Waals surface area contributed by atoms with Crippen molar-refractivity contribution in [2.45, 2.75) is 26.3 Å². The molecule has 0 spiro atoms. The van der Waals surface area contributed by atoms with Crippen molar-refractivity contribution >= 4 is 17.9 Å². The molecule has 0 radical (unpaired) electrons. The fourth-order valence-corrected chi connectivity index (χ4v) is 1.12. The maximum absolute atomic E-state index is 11.5. The zero-order chi connectivity index (χ0) is 14.4. The van der Waals surface area contributed by atoms with Crippen LogP contribution in [-0.4, -0.2) is 38.3 Å². The summed E-state index contributed by atoms with van der Waals surface area (Å²) in [5.41, 5.74) is 1.26. The third kappa shape index (κ3) is 4.23. The van der Waals surface area contributed by atoms with Crippen molar-refractivity contribution in [1.29, 1.82) is 0 Å². The summed E-state index contributed by atoms with van der Waals surface area (Å²) in [6, 6.07) is -1.92. The summed E-state index contributed by atoms with van der Waals surface area (Å²) in [5, 5.41) is 20.7. The average Bonchev–Trinajstić information content (AvgIpc) is 2.33. The Hall–Kier alpha value is -2.69. The van der Waals surface area contributed by atoms with Gasteiger partial charge in [0.15, 0.2) is 0 Å². The third-order valence-electron chi connectivity index (χ3n) is 2.24. The zero-order valence-electron chi connectivity index (χ0n) is 10.5. The van der Waals surface area contributed by atoms with Crippen LogP contribution in [0.2, 0.25) is 0 Å². The van der Waals surface area contributed by atoms with Crippen LogP contribution in [0, 0.1) is 26.2 Å². The van der Waals surface area contributed by atoms with Gasteiger partial charge in [0, 0.05) is 6.42 Å². The average molecular weight is 263 g/mol. The predicted octanol–water partition coefficient (Wildman–Crippen LogP) is 0.0864. The second-order valence-electron chi connectivity index (χ2n) is 3.70. The lowest BCUT2D eigenvalue weighted by molar-refractivity contribution is -0.139. The number of amides is 2. The molecule has 8 nitrogen and oxygen atoms in total. The monoisotopic (exact) mass is 263 g/mol. The fourth-order valence-electron chi connectivity index (χ4n) is 1.12. The Morgan fingerprint density at radius 3 is 2.58 bits per heavy atom. The SMILES string of the molecule is C#CCC(NC(=O)Nc1nnc(C)c(C)n1)C(=O)O. The Balaban J connectivity index is 2.66. The standard InChI is InChI=1S/C11H13N5O3/c1-4-5-8(9(17)18)13-11(19)14-10-12-6(2)7(3)15-16-10/h1,8H,5H2,2-3H3,(H,17,18)(H2,12,13,14,16,19). The summed E-state index contributed by atoms with van der Waals surface area (Å²) >= 11 is 0. The van der Waals surface area contributed by atoms with Gasteiger partial charge in [-0.05, 0) is 13.8 Å². The van der Waals surface area contributed by atoms with E-state index in [0.717, 1.165) is 0 Å². The highest BCUT2D eigenvalue weighted by atomic mass is 16.4. The van der Waals surface area contributed by atoms with Crippen LogP contribution in [0.5, 0.6) is 0 Å². The number of terminal acetylenes is 1. The number of nitrogens with one attached hydrogen (secondary N) is 2. The number of rotatable bonds is 4. The van der Waals surface area contributed by atoms with Crippen LogP contribution < -0.4 is 10.6 Å². The quantitative estimate of drug-likeness (QED) is 0.662. The van der Waals surface area contributed by atoms with Gasteiger partial charge in [0.2, 0.25) is 0 Å². The molecule has 2 amide bonds. The molecule has 1 aromatic heterocycles. The van der Waals surface area contributed by atoms with Crippen molar-refractivity contribution < 1.29 is 14.7 Å². The van der Waals surface area contributed by atoms with Gasteiger partial charge in [-0.15, -0.1) is 17.4 Å². The minimum Gasteiger partial charge on any atom is -0.480 e. The Morgan fingerprint density at radius 2 is 2.05 bits per heavy atom. The van der Waals surface area contributed by atoms with Gasteiger partial charge in [0.05, 0.1) is 11.4 Å². The van der Waals surface area contributed by atoms with E-state index in [1.165, 1.54) is 0 Å². The van der Waals surface area contributed by atoms with Crippen molar-refractivity contribution in [2.75, 3.05) is 5.32 Å². The minimum atomic E-state index is -1.22. The lowest BCUT2D eigenvalue weighted by atomic mass is 10.2. The van der Waals surface area contributed by atoms with Gasteiger partial charge >= 0.3 is 12.0 Å². The van der Waals surface area contributed by atoms with E-state index in [-0.39, 0.29) is 12.4 Å². The summed E-state index contributed by atoms with van der Waals surface area (Å²) in [5.74, 6) is 0.944. The highest BCUT2D eigenvalue weighted by Gasteiger charge is 2.19. The number of carbonyl (C=O) groups is 2. The van der Waals surface area contributed by atoms with Crippen LogP contribution in [-0.2, 0) is 4.79 Å². The van der Waals surface area contributed by atoms with Gasteiger partial charge in [-0.2, -0.15) is 5.10 Å². The minimum absolute atomic E-state index is 0.00885. The lowest BCUT2D eigenvalue weighted by Crippen LogP contribution is -2.43. The number of hydrogen-bond acceptors (Lipinski definition) is 5. The second kappa shape index (κ2) is 6.30. The number of aliphatic carboxylic acids is 1. The van der Waals surface area contributed by atoms with Gasteiger partial charge in [-0.25, -0.2) is 14.6 Å². The summed E-state index contributed by atoms with van der Waals surface area (Å²) in [7, 11) is 0. The molecule has 0 saturated carbocycles. The summed E-state index contributed by atoms with van der Waals surface area (Å²) in [6.07, 6.45) is 4.90. The van der Waals surface area contributed by atoms with Crippen molar-refractivity contribution in [3.8, 4) is 12.3 Å². The van der Waals surface area contributed by atoms with Gasteiger partial charge in [0.25, 0.3) is 5.95 Å². The highest BCUT2D eigenvalue weighted by molar-refractivity contribution is 5.90. The second-order valence-corrected chi connectivity index (χ2v) is 3.70. The molecule has 0 fully saturated rings. The Morgan fingerprint density at radius 1 is 1.37 bits per heavy atom. The summed E-state index contributed by atoms with van der Waals surface area (Å²) in [4.78, 5) is 26.3. The zero-order valence-corrected chi connectivity index (χ0v) is 10.5. The molecule has 1 unspecified atom stereocenters. The van der Waals surface area contributed by atoms with E-state index >= 15 is 0 Å². The first-order valence-corrected chi connectivity index (χ1v) is 5.35. The lowest BCUT2D eigenvalue weighted by Gasteiger charge is -2.12. The molecule has 0 saturated heterocycles. The Kier molecular flexibility index (Phi) is 4.76. The maximum Gasteiger partial charge on any atom is 0.327 e. The molecule has 8 heteroatoms. The molecule has 1 atom stereocenters. The summed E-state index contributed by atoms with van der Waals surface area (Å²) in [6.45, 7) is 3.44. The molecule has 1 aromatic rings. The smallest absolute Gasteiger partial charge is 0.327 e. The first kappa shape index (κ1) is 14.4. The van der Waals surface area contributed by atoms with Crippen molar-refractivity contribution in [3.05, 3.63) is 11.4 Å². The molecular formula is C11H13N5O3. The van der Waals surface area contributed by atoms with Gasteiger partial charge in [0.1, 0.15) is 6.04 Å². The van der Waals surface area contributed by atoms with Crippen LogP contribution in [0.4, 0.5) is 10.7 Å². The molecule has 0 bridgehead atoms. The van der Waals surface area contributed by atoms with Crippen LogP contribution in [0.3, 0.4) is 0 Å². The Bertz CT molecular complexity index is 538. The molecule has 100 valence electrons. The van der Waals surface area contributed by atoms with Crippen LogP contribution >= 0.6 is 0 Å². The van der Waals surface area contributed by atoms with Crippen molar-refractivity contribution in [3.63, 3.8) is 0 Å². The molecule has 19 heavy (non-hydrogen) atoms. The number of aryl methyl sites for hydroxylation is 2. The van der Waals surface area contributed by atoms with E-state index in [2.05, 4.69) is 31.7 Å². The number of urea groups is 1. The summed E-state index contributed by atoms with van der Waals surface area (Å²) < 4.78 is 0. The predicted molar refractivity (Wildman–Crippen MR) is 66.3 cm³/mol. The van der Waals surface area contributed by atoms with E-state index in [1.54, 1.807) is 13.8 Å². The number of nitrogens with zero attached hydrogens (tertiary/aromatic N) is 3. The molecule has 0 aromatic carbocycles. The molecule has 0 aliphatic rings. The third-order valence-corrected chi connectivity index (χ3v) is 2.24. The number of carboxylic acid groups (broad SMARTS) is 1. The number of aromatic nitrogens is 3. The fraction of sp³-hybridized carbons (Fsp3) is 0.364. The molecule has 3 N–H and O–H groups in total. The largest absolute Gasteiger partial charge is 0.480 e. The van der Waals surface area contributed by atoms with Crippen molar-refractivity contribution in [1.82, 2.24) is 20.5 Å². The highest BCUT2D eigenvalue weighted by Crippen LogP contribution is 2.02. The van der Waals surface area contributed by atoms with Crippen LogP contribution in [0.15, 0.2) is 0 Å². The van der Waals surface area contributed by atoms with E-state index < -0.39 is 18.0 Å². The van der Waals surface area contributed by atoms with Crippen LogP contribution in [0.1, 0.15) is 17.8 Å². The molecule has 0 aliphatic carbocycles. The first-order valence-electron chi connectivity index (χ1n) is 5.35. The topological polar surface area (TPSA) is 117 Å². The van der Waals surface area contributed by atoms with Crippen molar-refractivity contribution in [2.24, 2.45) is 0 Å². The normalized spacial score (nSPS) is 11.2. The van der Waals surface area contributed by atoms with E-state index in [0.29, 0.717) is 11.4 Å². The van der Waals surface area contributed by atoms with Gasteiger partial charge < -0.3 is 10.4 Å². The van der Waals surface area contributed by atoms with Gasteiger partial charge in [-0.3, -0.25) is 5.32 Å². The van der Waals surface area contributed by atoms with Gasteiger partial charge in [-0.1, -0.05) is 0 Å². The number of carbonyl (C=O) groups excluding carboxylic acids is 1. The molecule has 1 rings (SSSR count). The Labute approximate surface area is 109 Å². The number of carboxylic acids is 1. The molecule has 0 aliphatic heterocycles. The maximum atomic E-state index is 11.5. The van der Waals surface area contributed by atoms with E-state index in [4.69, 9.17) is 11.5 Å². The first-order chi connectivity index (χ1) is 8.93. The molecule has 1 heterocycles. The molecular weight excluding hydrogens is 250 g/mol.